The average Bonchev–Trinajstić information content (AvgIpc) is 2.60. The van der Waals surface area contributed by atoms with Gasteiger partial charge in [0.05, 0.1) is 17.8 Å². The molecule has 2 rings (SSSR count). The molecular formula is C21H32F3NOSi. The molecule has 2 nitrogen and oxygen atoms in total. The number of hydrogen-bond acceptors (Lipinski definition) is 2. The number of alkyl halides is 3. The summed E-state index contributed by atoms with van der Waals surface area (Å²) in [5.41, 5.74) is 1.37. The van der Waals surface area contributed by atoms with Crippen LogP contribution in [0.1, 0.15) is 38.7 Å². The molecule has 1 aliphatic heterocycles. The molecule has 1 saturated heterocycles. The van der Waals surface area contributed by atoms with Gasteiger partial charge in [0.15, 0.2) is 0 Å². The average molecular weight is 400 g/mol. The third-order valence-electron chi connectivity index (χ3n) is 5.47. The molecule has 0 N–H and O–H groups in total. The Balaban J connectivity index is 1.85. The van der Waals surface area contributed by atoms with Gasteiger partial charge in [-0.3, -0.25) is 4.90 Å². The Morgan fingerprint density at radius 3 is 2.44 bits per heavy atom. The molecule has 0 saturated carbocycles. The summed E-state index contributed by atoms with van der Waals surface area (Å²) >= 11 is 0. The van der Waals surface area contributed by atoms with Crippen LogP contribution in [-0.4, -0.2) is 44.8 Å². The van der Waals surface area contributed by atoms with Gasteiger partial charge in [0.2, 0.25) is 0 Å². The Labute approximate surface area is 162 Å². The Bertz CT molecular complexity index is 612. The summed E-state index contributed by atoms with van der Waals surface area (Å²) in [5.74, 6) is 0. The third-order valence-corrected chi connectivity index (χ3v) is 9.39. The smallest absolute Gasteiger partial charge is 0.373 e. The normalized spacial score (nSPS) is 23.8. The van der Waals surface area contributed by atoms with E-state index < -0.39 is 19.8 Å². The van der Waals surface area contributed by atoms with Crippen LogP contribution >= 0.6 is 0 Å². The highest BCUT2D eigenvalue weighted by atomic mass is 28.3. The lowest BCUT2D eigenvalue weighted by Gasteiger charge is -2.35. The summed E-state index contributed by atoms with van der Waals surface area (Å²) in [6.07, 6.45) is -0.490. The number of rotatable bonds is 8. The maximum Gasteiger partial charge on any atom is 0.416 e. The van der Waals surface area contributed by atoms with Crippen molar-refractivity contribution >= 4 is 13.3 Å². The van der Waals surface area contributed by atoms with Gasteiger partial charge >= 0.3 is 6.18 Å². The molecule has 152 valence electrons. The first kappa shape index (κ1) is 22.2. The molecule has 0 amide bonds. The number of halogens is 3. The van der Waals surface area contributed by atoms with Crippen molar-refractivity contribution in [1.29, 1.82) is 0 Å². The van der Waals surface area contributed by atoms with Crippen LogP contribution < -0.4 is 5.19 Å². The van der Waals surface area contributed by atoms with Crippen LogP contribution in [0.2, 0.25) is 12.6 Å². The molecule has 1 aliphatic rings. The Hall–Kier alpha value is -1.11. The molecule has 1 aromatic carbocycles. The second-order valence-electron chi connectivity index (χ2n) is 8.03. The number of benzene rings is 1. The van der Waals surface area contributed by atoms with Gasteiger partial charge in [-0.1, -0.05) is 60.6 Å². The van der Waals surface area contributed by atoms with Gasteiger partial charge < -0.3 is 4.74 Å². The topological polar surface area (TPSA) is 12.5 Å². The number of ether oxygens (including phenoxy) is 1. The van der Waals surface area contributed by atoms with Crippen molar-refractivity contribution in [3.8, 4) is 0 Å². The predicted molar refractivity (Wildman–Crippen MR) is 108 cm³/mol. The molecule has 3 atom stereocenters. The number of unbranched alkanes of at least 4 members (excludes halogenated alkanes) is 2. The van der Waals surface area contributed by atoms with Crippen LogP contribution in [0.4, 0.5) is 13.2 Å². The fraction of sp³-hybridized carbons (Fsp3) is 0.619. The first-order valence-corrected chi connectivity index (χ1v) is 12.6. The van der Waals surface area contributed by atoms with E-state index in [4.69, 9.17) is 4.74 Å². The highest BCUT2D eigenvalue weighted by molar-refractivity contribution is 6.94. The summed E-state index contributed by atoms with van der Waals surface area (Å²) in [4.78, 5) is 2.45. The lowest BCUT2D eigenvalue weighted by Crippen LogP contribution is -2.45. The van der Waals surface area contributed by atoms with Crippen molar-refractivity contribution in [3.05, 3.63) is 42.1 Å². The van der Waals surface area contributed by atoms with Crippen molar-refractivity contribution in [2.75, 3.05) is 19.6 Å². The Morgan fingerprint density at radius 1 is 1.19 bits per heavy atom. The molecule has 6 heteroatoms. The van der Waals surface area contributed by atoms with Crippen LogP contribution in [0.15, 0.2) is 36.5 Å². The van der Waals surface area contributed by atoms with Gasteiger partial charge in [-0.2, -0.15) is 13.2 Å². The minimum Gasteiger partial charge on any atom is -0.373 e. The van der Waals surface area contributed by atoms with Crippen molar-refractivity contribution in [1.82, 2.24) is 4.90 Å². The fourth-order valence-corrected chi connectivity index (χ4v) is 6.56. The zero-order valence-corrected chi connectivity index (χ0v) is 17.7. The van der Waals surface area contributed by atoms with Crippen LogP contribution in [0.5, 0.6) is 0 Å². The largest absolute Gasteiger partial charge is 0.416 e. The molecule has 0 aromatic heterocycles. The first-order chi connectivity index (χ1) is 12.6. The summed E-state index contributed by atoms with van der Waals surface area (Å²) in [6, 6.07) is 6.76. The molecule has 1 aromatic rings. The van der Waals surface area contributed by atoms with Crippen molar-refractivity contribution in [3.63, 3.8) is 0 Å². The van der Waals surface area contributed by atoms with E-state index in [2.05, 4.69) is 31.9 Å². The van der Waals surface area contributed by atoms with E-state index in [9.17, 15) is 13.2 Å². The maximum absolute atomic E-state index is 13.0. The molecule has 3 unspecified atom stereocenters. The summed E-state index contributed by atoms with van der Waals surface area (Å²) in [6.45, 7) is 13.3. The Kier molecular flexibility index (Phi) is 7.71. The van der Waals surface area contributed by atoms with E-state index in [1.165, 1.54) is 12.1 Å². The van der Waals surface area contributed by atoms with Crippen molar-refractivity contribution in [2.45, 2.75) is 64.1 Å². The van der Waals surface area contributed by atoms with E-state index in [0.717, 1.165) is 56.2 Å². The molecule has 27 heavy (non-hydrogen) atoms. The fourth-order valence-electron chi connectivity index (χ4n) is 3.89. The van der Waals surface area contributed by atoms with Crippen LogP contribution in [-0.2, 0) is 10.9 Å². The predicted octanol–water partition coefficient (Wildman–Crippen LogP) is 5.00. The second kappa shape index (κ2) is 9.39. The molecule has 1 fully saturated rings. The SMILES string of the molecule is C=C[Si](C)(CCCCCN1CC(C)OC(C)C1)c1cccc(C(F)(F)F)c1. The lowest BCUT2D eigenvalue weighted by atomic mass is 10.2. The minimum absolute atomic E-state index is 0.283. The Morgan fingerprint density at radius 2 is 1.85 bits per heavy atom. The maximum atomic E-state index is 13.0. The van der Waals surface area contributed by atoms with Gasteiger partial charge in [0.1, 0.15) is 8.07 Å². The van der Waals surface area contributed by atoms with E-state index in [-0.39, 0.29) is 12.2 Å². The number of morpholine rings is 1. The second-order valence-corrected chi connectivity index (χ2v) is 12.3. The van der Waals surface area contributed by atoms with Gasteiger partial charge in [0.25, 0.3) is 0 Å². The molecule has 0 bridgehead atoms. The van der Waals surface area contributed by atoms with Gasteiger partial charge in [0, 0.05) is 13.1 Å². The van der Waals surface area contributed by atoms with E-state index in [1.807, 2.05) is 11.8 Å². The van der Waals surface area contributed by atoms with Crippen LogP contribution in [0.3, 0.4) is 0 Å². The van der Waals surface area contributed by atoms with Crippen molar-refractivity contribution < 1.29 is 17.9 Å². The van der Waals surface area contributed by atoms with Crippen LogP contribution in [0.25, 0.3) is 0 Å². The third kappa shape index (κ3) is 6.47. The minimum atomic E-state index is -4.29. The van der Waals surface area contributed by atoms with E-state index >= 15 is 0 Å². The number of hydrogen-bond donors (Lipinski definition) is 0. The van der Waals surface area contributed by atoms with E-state index in [0.29, 0.717) is 0 Å². The summed E-state index contributed by atoms with van der Waals surface area (Å²) in [7, 11) is -2.09. The zero-order valence-electron chi connectivity index (χ0n) is 16.7. The van der Waals surface area contributed by atoms with Gasteiger partial charge in [-0.25, -0.2) is 0 Å². The standard InChI is InChI=1S/C21H32F3NOSi/c1-5-27(4,20-11-9-10-19(14-20)21(22,23)24)13-8-6-7-12-25-15-17(2)26-18(3)16-25/h5,9-11,14,17-18H,1,6-8,12-13,15-16H2,2-4H3. The molecular weight excluding hydrogens is 367 g/mol. The highest BCUT2D eigenvalue weighted by Gasteiger charge is 2.33. The molecule has 0 radical (unpaired) electrons. The monoisotopic (exact) mass is 399 g/mol. The molecule has 1 heterocycles. The van der Waals surface area contributed by atoms with Gasteiger partial charge in [-0.15, -0.1) is 6.58 Å². The van der Waals surface area contributed by atoms with Crippen LogP contribution in [0, 0.1) is 0 Å². The quantitative estimate of drug-likeness (QED) is 0.451. The zero-order chi connectivity index (χ0) is 20.1. The first-order valence-electron chi connectivity index (χ1n) is 9.83. The number of nitrogens with zero attached hydrogens (tertiary/aromatic N) is 1. The molecule has 0 aliphatic carbocycles. The summed E-state index contributed by atoms with van der Waals surface area (Å²) < 4.78 is 44.8. The lowest BCUT2D eigenvalue weighted by molar-refractivity contribution is -0.137. The molecule has 0 spiro atoms. The summed E-state index contributed by atoms with van der Waals surface area (Å²) in [5, 5.41) is 0.822. The highest BCUT2D eigenvalue weighted by Crippen LogP contribution is 2.29. The van der Waals surface area contributed by atoms with Crippen molar-refractivity contribution in [2.24, 2.45) is 0 Å². The van der Waals surface area contributed by atoms with E-state index in [1.54, 1.807) is 0 Å². The van der Waals surface area contributed by atoms with Gasteiger partial charge in [-0.05, 0) is 26.8 Å².